The summed E-state index contributed by atoms with van der Waals surface area (Å²) in [6.07, 6.45) is 1.13. The van der Waals surface area contributed by atoms with Crippen LogP contribution in [0.5, 0.6) is 0 Å². The smallest absolute Gasteiger partial charge is 0.296 e. The quantitative estimate of drug-likeness (QED) is 0.517. The number of carbonyl (C=O) groups excluding carboxylic acids is 1. The van der Waals surface area contributed by atoms with Crippen LogP contribution in [0, 0.1) is 5.92 Å². The van der Waals surface area contributed by atoms with E-state index < -0.39 is 16.6 Å². The zero-order valence-electron chi connectivity index (χ0n) is 17.8. The summed E-state index contributed by atoms with van der Waals surface area (Å²) < 4.78 is 11.6. The fraction of sp³-hybridized carbons (Fsp3) is 0.944. The van der Waals surface area contributed by atoms with Crippen LogP contribution in [0.3, 0.4) is 0 Å². The lowest BCUT2D eigenvalue weighted by atomic mass is 10.1. The molecule has 0 bridgehead atoms. The van der Waals surface area contributed by atoms with Crippen LogP contribution in [0.25, 0.3) is 0 Å². The van der Waals surface area contributed by atoms with E-state index in [0.717, 1.165) is 32.1 Å². The summed E-state index contributed by atoms with van der Waals surface area (Å²) in [5.41, 5.74) is 0. The average Bonchev–Trinajstić information content (AvgIpc) is 2.44. The minimum atomic E-state index is -2.03. The standard InChI is InChI=1S/C18H41NO3Si2/c1-11-19(13-12-14-23(7,8)21-6)15-16(2)17(20)22-24(9,10)18(3,4)5/h16H,11-15H2,1-10H3. The number of hydrogen-bond acceptors (Lipinski definition) is 4. The van der Waals surface area contributed by atoms with Crippen molar-refractivity contribution < 1.29 is 13.6 Å². The van der Waals surface area contributed by atoms with Crippen molar-refractivity contribution in [3.05, 3.63) is 0 Å². The number of carbonyl (C=O) groups is 1. The normalized spacial score (nSPS) is 14.8. The summed E-state index contributed by atoms with van der Waals surface area (Å²) >= 11 is 0. The molecule has 0 amide bonds. The van der Waals surface area contributed by atoms with E-state index in [1.807, 2.05) is 14.0 Å². The average molecular weight is 376 g/mol. The highest BCUT2D eigenvalue weighted by Gasteiger charge is 2.41. The second-order valence-electron chi connectivity index (χ2n) is 9.04. The molecule has 0 saturated carbocycles. The van der Waals surface area contributed by atoms with Crippen LogP contribution in [0.4, 0.5) is 0 Å². The Morgan fingerprint density at radius 2 is 1.71 bits per heavy atom. The molecule has 0 aromatic rings. The third kappa shape index (κ3) is 8.27. The Kier molecular flexibility index (Phi) is 9.43. The highest BCUT2D eigenvalue weighted by molar-refractivity contribution is 6.75. The van der Waals surface area contributed by atoms with Crippen LogP contribution >= 0.6 is 0 Å². The van der Waals surface area contributed by atoms with Gasteiger partial charge in [0, 0.05) is 13.7 Å². The number of hydrogen-bond donors (Lipinski definition) is 0. The van der Waals surface area contributed by atoms with Crippen molar-refractivity contribution in [3.8, 4) is 0 Å². The molecule has 0 N–H and O–H groups in total. The molecule has 144 valence electrons. The molecule has 0 aromatic heterocycles. The van der Waals surface area contributed by atoms with E-state index in [1.54, 1.807) is 0 Å². The molecule has 0 radical (unpaired) electrons. The van der Waals surface area contributed by atoms with Gasteiger partial charge in [0.2, 0.25) is 0 Å². The first-order valence-electron chi connectivity index (χ1n) is 9.26. The maximum absolute atomic E-state index is 12.5. The van der Waals surface area contributed by atoms with Crippen molar-refractivity contribution in [1.82, 2.24) is 4.90 Å². The zero-order valence-corrected chi connectivity index (χ0v) is 19.8. The largest absolute Gasteiger partial charge is 0.519 e. The van der Waals surface area contributed by atoms with E-state index in [4.69, 9.17) is 8.85 Å². The Balaban J connectivity index is 4.49. The van der Waals surface area contributed by atoms with Gasteiger partial charge >= 0.3 is 0 Å². The van der Waals surface area contributed by atoms with Crippen LogP contribution < -0.4 is 0 Å². The van der Waals surface area contributed by atoms with Gasteiger partial charge in [0.1, 0.15) is 0 Å². The molecule has 1 atom stereocenters. The van der Waals surface area contributed by atoms with Crippen LogP contribution in [0.2, 0.25) is 37.3 Å². The lowest BCUT2D eigenvalue weighted by molar-refractivity contribution is -0.140. The van der Waals surface area contributed by atoms with E-state index in [9.17, 15) is 4.79 Å². The van der Waals surface area contributed by atoms with Gasteiger partial charge in [-0.15, -0.1) is 0 Å². The van der Waals surface area contributed by atoms with E-state index >= 15 is 0 Å². The maximum atomic E-state index is 12.5. The van der Waals surface area contributed by atoms with Gasteiger partial charge in [-0.25, -0.2) is 0 Å². The Labute approximate surface area is 152 Å². The molecule has 0 fully saturated rings. The zero-order chi connectivity index (χ0) is 19.2. The van der Waals surface area contributed by atoms with E-state index in [1.165, 1.54) is 0 Å². The molecule has 0 aliphatic carbocycles. The molecule has 4 nitrogen and oxygen atoms in total. The molecule has 0 aliphatic rings. The lowest BCUT2D eigenvalue weighted by Gasteiger charge is -2.36. The highest BCUT2D eigenvalue weighted by atomic mass is 28.4. The van der Waals surface area contributed by atoms with Crippen molar-refractivity contribution in [2.45, 2.75) is 78.3 Å². The summed E-state index contributed by atoms with van der Waals surface area (Å²) in [6.45, 7) is 22.2. The minimum Gasteiger partial charge on any atom is -0.519 e. The third-order valence-electron chi connectivity index (χ3n) is 5.35. The molecule has 0 aliphatic heterocycles. The van der Waals surface area contributed by atoms with Crippen LogP contribution in [0.1, 0.15) is 41.0 Å². The van der Waals surface area contributed by atoms with Gasteiger partial charge in [0.05, 0.1) is 5.92 Å². The Morgan fingerprint density at radius 1 is 1.17 bits per heavy atom. The molecule has 6 heteroatoms. The van der Waals surface area contributed by atoms with Gasteiger partial charge in [-0.3, -0.25) is 4.79 Å². The summed E-state index contributed by atoms with van der Waals surface area (Å²) in [7, 11) is -1.69. The predicted octanol–water partition coefficient (Wildman–Crippen LogP) is 4.73. The van der Waals surface area contributed by atoms with Gasteiger partial charge < -0.3 is 13.8 Å². The predicted molar refractivity (Wildman–Crippen MR) is 108 cm³/mol. The first kappa shape index (κ1) is 23.8. The molecule has 0 heterocycles. The van der Waals surface area contributed by atoms with Crippen molar-refractivity contribution in [2.75, 3.05) is 26.7 Å². The van der Waals surface area contributed by atoms with E-state index in [2.05, 4.69) is 58.8 Å². The Hall–Kier alpha value is -0.176. The van der Waals surface area contributed by atoms with E-state index in [0.29, 0.717) is 0 Å². The maximum Gasteiger partial charge on any atom is 0.296 e. The van der Waals surface area contributed by atoms with Crippen molar-refractivity contribution in [2.24, 2.45) is 5.92 Å². The van der Waals surface area contributed by atoms with Crippen molar-refractivity contribution in [3.63, 3.8) is 0 Å². The summed E-state index contributed by atoms with van der Waals surface area (Å²) in [5, 5.41) is 0.0587. The second kappa shape index (κ2) is 9.50. The molecule has 0 spiro atoms. The molecule has 0 aromatic carbocycles. The first-order valence-corrected chi connectivity index (χ1v) is 15.3. The summed E-state index contributed by atoms with van der Waals surface area (Å²) in [5.74, 6) is -0.113. The fourth-order valence-electron chi connectivity index (χ4n) is 2.18. The van der Waals surface area contributed by atoms with Gasteiger partial charge in [-0.2, -0.15) is 0 Å². The van der Waals surface area contributed by atoms with Gasteiger partial charge in [-0.05, 0) is 56.8 Å². The SMILES string of the molecule is CCN(CCC[Si](C)(C)OC)CC(C)C(=O)O[Si](C)(C)C(C)(C)C. The van der Waals surface area contributed by atoms with Gasteiger partial charge in [-0.1, -0.05) is 34.6 Å². The first-order chi connectivity index (χ1) is 10.8. The number of rotatable bonds is 10. The lowest BCUT2D eigenvalue weighted by Crippen LogP contribution is -2.45. The van der Waals surface area contributed by atoms with Crippen LogP contribution in [-0.4, -0.2) is 54.2 Å². The van der Waals surface area contributed by atoms with E-state index in [-0.39, 0.29) is 16.9 Å². The summed E-state index contributed by atoms with van der Waals surface area (Å²) in [6, 6.07) is 1.16. The molecular formula is C18H41NO3Si2. The molecule has 24 heavy (non-hydrogen) atoms. The second-order valence-corrected chi connectivity index (χ2v) is 18.2. The Bertz CT molecular complexity index is 392. The summed E-state index contributed by atoms with van der Waals surface area (Å²) in [4.78, 5) is 14.9. The van der Waals surface area contributed by atoms with Crippen molar-refractivity contribution in [1.29, 1.82) is 0 Å². The monoisotopic (exact) mass is 375 g/mol. The molecule has 0 saturated heterocycles. The van der Waals surface area contributed by atoms with Crippen LogP contribution in [-0.2, 0) is 13.6 Å². The van der Waals surface area contributed by atoms with Gasteiger partial charge in [0.15, 0.2) is 8.32 Å². The molecule has 0 rings (SSSR count). The third-order valence-corrected chi connectivity index (χ3v) is 12.3. The Morgan fingerprint density at radius 3 is 2.12 bits per heavy atom. The van der Waals surface area contributed by atoms with Gasteiger partial charge in [0.25, 0.3) is 14.3 Å². The fourth-order valence-corrected chi connectivity index (χ4v) is 4.40. The highest BCUT2D eigenvalue weighted by Crippen LogP contribution is 2.37. The topological polar surface area (TPSA) is 38.8 Å². The minimum absolute atomic E-state index is 0.0355. The molecule has 1 unspecified atom stereocenters. The van der Waals surface area contributed by atoms with Crippen molar-refractivity contribution >= 4 is 22.6 Å². The molecular weight excluding hydrogens is 334 g/mol. The van der Waals surface area contributed by atoms with Crippen LogP contribution in [0.15, 0.2) is 0 Å². The number of nitrogens with zero attached hydrogens (tertiary/aromatic N) is 1.